The molecule has 2 N–H and O–H groups in total. The number of unbranched alkanes of at least 4 members (excludes halogenated alkanes) is 1. The minimum absolute atomic E-state index is 0.536. The Hall–Kier alpha value is -0.770. The summed E-state index contributed by atoms with van der Waals surface area (Å²) >= 11 is 0. The Balaban J connectivity index is 1.43. The van der Waals surface area contributed by atoms with Crippen LogP contribution in [0.3, 0.4) is 0 Å². The number of rotatable bonds is 8. The summed E-state index contributed by atoms with van der Waals surface area (Å²) in [6.45, 7) is 2.98. The Labute approximate surface area is 130 Å². The third kappa shape index (κ3) is 7.70. The van der Waals surface area contributed by atoms with Crippen molar-refractivity contribution < 1.29 is 4.74 Å². The molecule has 2 aliphatic carbocycles. The highest BCUT2D eigenvalue weighted by Crippen LogP contribution is 2.27. The van der Waals surface area contributed by atoms with Crippen LogP contribution in [0.4, 0.5) is 0 Å². The van der Waals surface area contributed by atoms with Crippen molar-refractivity contribution in [2.75, 3.05) is 26.7 Å². The molecule has 2 aliphatic rings. The molecule has 2 fully saturated rings. The number of ether oxygens (including phenoxy) is 1. The zero-order valence-corrected chi connectivity index (χ0v) is 13.7. The number of aliphatic imine (C=N–C) groups is 1. The minimum Gasteiger partial charge on any atom is -0.378 e. The molecule has 122 valence electrons. The molecule has 0 heterocycles. The van der Waals surface area contributed by atoms with E-state index in [0.29, 0.717) is 6.10 Å². The summed E-state index contributed by atoms with van der Waals surface area (Å²) in [6, 6.07) is 0. The third-order valence-corrected chi connectivity index (χ3v) is 4.50. The normalized spacial score (nSPS) is 21.1. The highest BCUT2D eigenvalue weighted by molar-refractivity contribution is 5.79. The van der Waals surface area contributed by atoms with Gasteiger partial charge in [0.15, 0.2) is 5.96 Å². The van der Waals surface area contributed by atoms with Crippen molar-refractivity contribution in [3.63, 3.8) is 0 Å². The standard InChI is InChI=1S/C17H33N3O/c1-18-17(20-14-15-10-11-15)19-12-6-7-13-21-16-8-4-2-3-5-9-16/h15-16H,2-14H2,1H3,(H2,18,19,20). The average molecular weight is 295 g/mol. The summed E-state index contributed by atoms with van der Waals surface area (Å²) in [4.78, 5) is 4.25. The van der Waals surface area contributed by atoms with E-state index in [1.54, 1.807) is 0 Å². The molecule has 0 bridgehead atoms. The van der Waals surface area contributed by atoms with Crippen LogP contribution in [0.2, 0.25) is 0 Å². The average Bonchev–Trinajstić information content (AvgIpc) is 3.33. The molecule has 0 unspecified atom stereocenters. The zero-order valence-electron chi connectivity index (χ0n) is 13.7. The van der Waals surface area contributed by atoms with E-state index < -0.39 is 0 Å². The lowest BCUT2D eigenvalue weighted by Gasteiger charge is -2.15. The first kappa shape index (κ1) is 16.6. The molecule has 4 heteroatoms. The predicted octanol–water partition coefficient (Wildman–Crippen LogP) is 3.08. The quantitative estimate of drug-likeness (QED) is 0.313. The molecule has 0 aliphatic heterocycles. The predicted molar refractivity (Wildman–Crippen MR) is 88.8 cm³/mol. The smallest absolute Gasteiger partial charge is 0.190 e. The highest BCUT2D eigenvalue weighted by atomic mass is 16.5. The largest absolute Gasteiger partial charge is 0.378 e. The Kier molecular flexibility index (Phi) is 7.94. The molecule has 0 atom stereocenters. The van der Waals surface area contributed by atoms with E-state index in [4.69, 9.17) is 4.74 Å². The van der Waals surface area contributed by atoms with E-state index in [0.717, 1.165) is 44.4 Å². The van der Waals surface area contributed by atoms with Gasteiger partial charge in [0.2, 0.25) is 0 Å². The van der Waals surface area contributed by atoms with Crippen LogP contribution in [-0.2, 0) is 4.74 Å². The second-order valence-corrected chi connectivity index (χ2v) is 6.51. The summed E-state index contributed by atoms with van der Waals surface area (Å²) in [5.74, 6) is 1.84. The molecule has 0 spiro atoms. The molecule has 2 rings (SSSR count). The first-order chi connectivity index (χ1) is 10.4. The molecule has 0 radical (unpaired) electrons. The fourth-order valence-corrected chi connectivity index (χ4v) is 2.88. The van der Waals surface area contributed by atoms with E-state index in [1.165, 1.54) is 51.4 Å². The molecule has 0 saturated heterocycles. The maximum atomic E-state index is 6.01. The van der Waals surface area contributed by atoms with Crippen molar-refractivity contribution >= 4 is 5.96 Å². The van der Waals surface area contributed by atoms with Crippen molar-refractivity contribution in [3.8, 4) is 0 Å². The SMILES string of the molecule is CN=C(NCCCCOC1CCCCCC1)NCC1CC1. The highest BCUT2D eigenvalue weighted by Gasteiger charge is 2.20. The summed E-state index contributed by atoms with van der Waals surface area (Å²) in [5, 5.41) is 6.77. The lowest BCUT2D eigenvalue weighted by molar-refractivity contribution is 0.0411. The van der Waals surface area contributed by atoms with Gasteiger partial charge in [-0.15, -0.1) is 0 Å². The third-order valence-electron chi connectivity index (χ3n) is 4.50. The van der Waals surface area contributed by atoms with Gasteiger partial charge >= 0.3 is 0 Å². The van der Waals surface area contributed by atoms with Crippen LogP contribution in [0.15, 0.2) is 4.99 Å². The Morgan fingerprint density at radius 3 is 2.43 bits per heavy atom. The number of nitrogens with one attached hydrogen (secondary N) is 2. The van der Waals surface area contributed by atoms with E-state index in [1.807, 2.05) is 7.05 Å². The summed E-state index contributed by atoms with van der Waals surface area (Å²) in [7, 11) is 1.84. The van der Waals surface area contributed by atoms with Crippen LogP contribution in [0.1, 0.15) is 64.2 Å². The first-order valence-electron chi connectivity index (χ1n) is 8.94. The number of guanidine groups is 1. The van der Waals surface area contributed by atoms with Crippen molar-refractivity contribution in [1.29, 1.82) is 0 Å². The maximum Gasteiger partial charge on any atom is 0.190 e. The monoisotopic (exact) mass is 295 g/mol. The van der Waals surface area contributed by atoms with Crippen LogP contribution in [0.5, 0.6) is 0 Å². The lowest BCUT2D eigenvalue weighted by atomic mass is 10.1. The summed E-state index contributed by atoms with van der Waals surface area (Å²) < 4.78 is 6.01. The van der Waals surface area contributed by atoms with Crippen molar-refractivity contribution in [2.45, 2.75) is 70.3 Å². The number of nitrogens with zero attached hydrogens (tertiary/aromatic N) is 1. The van der Waals surface area contributed by atoms with Crippen LogP contribution in [0.25, 0.3) is 0 Å². The van der Waals surface area contributed by atoms with E-state index in [9.17, 15) is 0 Å². The van der Waals surface area contributed by atoms with E-state index in [2.05, 4.69) is 15.6 Å². The van der Waals surface area contributed by atoms with Crippen molar-refractivity contribution in [1.82, 2.24) is 10.6 Å². The molecule has 0 amide bonds. The lowest BCUT2D eigenvalue weighted by Crippen LogP contribution is -2.38. The Morgan fingerprint density at radius 1 is 1.00 bits per heavy atom. The molecular formula is C17H33N3O. The van der Waals surface area contributed by atoms with Gasteiger partial charge < -0.3 is 15.4 Å². The molecule has 0 aromatic heterocycles. The molecular weight excluding hydrogens is 262 g/mol. The Morgan fingerprint density at radius 2 is 1.76 bits per heavy atom. The van der Waals surface area contributed by atoms with Gasteiger partial charge in [-0.2, -0.15) is 0 Å². The van der Waals surface area contributed by atoms with Crippen LogP contribution >= 0.6 is 0 Å². The zero-order chi connectivity index (χ0) is 14.8. The summed E-state index contributed by atoms with van der Waals surface area (Å²) in [5.41, 5.74) is 0. The second kappa shape index (κ2) is 10.0. The minimum atomic E-state index is 0.536. The van der Waals surface area contributed by atoms with Crippen LogP contribution in [-0.4, -0.2) is 38.8 Å². The fraction of sp³-hybridized carbons (Fsp3) is 0.941. The van der Waals surface area contributed by atoms with E-state index >= 15 is 0 Å². The van der Waals surface area contributed by atoms with Gasteiger partial charge in [-0.1, -0.05) is 25.7 Å². The maximum absolute atomic E-state index is 6.01. The van der Waals surface area contributed by atoms with Gasteiger partial charge in [-0.05, 0) is 44.4 Å². The van der Waals surface area contributed by atoms with Gasteiger partial charge in [-0.25, -0.2) is 0 Å². The van der Waals surface area contributed by atoms with Crippen LogP contribution in [0, 0.1) is 5.92 Å². The number of hydrogen-bond donors (Lipinski definition) is 2. The van der Waals surface area contributed by atoms with Crippen LogP contribution < -0.4 is 10.6 Å². The van der Waals surface area contributed by atoms with Gasteiger partial charge in [0.25, 0.3) is 0 Å². The van der Waals surface area contributed by atoms with Gasteiger partial charge in [0, 0.05) is 26.7 Å². The Bertz CT molecular complexity index is 294. The van der Waals surface area contributed by atoms with Gasteiger partial charge in [0.1, 0.15) is 0 Å². The molecule has 0 aromatic carbocycles. The van der Waals surface area contributed by atoms with E-state index in [-0.39, 0.29) is 0 Å². The topological polar surface area (TPSA) is 45.7 Å². The number of hydrogen-bond acceptors (Lipinski definition) is 2. The summed E-state index contributed by atoms with van der Waals surface area (Å²) in [6.07, 6.45) is 13.6. The molecule has 2 saturated carbocycles. The fourth-order valence-electron chi connectivity index (χ4n) is 2.88. The van der Waals surface area contributed by atoms with Crippen molar-refractivity contribution in [3.05, 3.63) is 0 Å². The van der Waals surface area contributed by atoms with Crippen molar-refractivity contribution in [2.24, 2.45) is 10.9 Å². The van der Waals surface area contributed by atoms with Gasteiger partial charge in [0.05, 0.1) is 6.10 Å². The molecule has 0 aromatic rings. The molecule has 4 nitrogen and oxygen atoms in total. The van der Waals surface area contributed by atoms with Gasteiger partial charge in [-0.3, -0.25) is 4.99 Å². The first-order valence-corrected chi connectivity index (χ1v) is 8.94. The molecule has 21 heavy (non-hydrogen) atoms. The second-order valence-electron chi connectivity index (χ2n) is 6.51.